The average molecular weight is 379 g/mol. The van der Waals surface area contributed by atoms with E-state index < -0.39 is 5.91 Å². The monoisotopic (exact) mass is 379 g/mol. The Morgan fingerprint density at radius 2 is 1.56 bits per heavy atom. The van der Waals surface area contributed by atoms with Crippen LogP contribution in [-0.2, 0) is 4.79 Å². The van der Waals surface area contributed by atoms with Crippen molar-refractivity contribution in [2.75, 3.05) is 6.61 Å². The standard InChI is InChI=1S/C20H17N3O3S/c24-18(13-26-17-11-10-14-6-4-5-9-16(14)12-17)21-20(27)23-22-19(25)15-7-2-1-3-8-15/h1-12H,13H2,(H,22,25)(H2,21,23,24,27). The van der Waals surface area contributed by atoms with Crippen LogP contribution in [0, 0.1) is 0 Å². The van der Waals surface area contributed by atoms with E-state index in [-0.39, 0.29) is 17.6 Å². The van der Waals surface area contributed by atoms with Crippen molar-refractivity contribution in [1.29, 1.82) is 0 Å². The summed E-state index contributed by atoms with van der Waals surface area (Å²) in [4.78, 5) is 23.8. The average Bonchev–Trinajstić information content (AvgIpc) is 2.71. The first-order valence-electron chi connectivity index (χ1n) is 8.18. The maximum atomic E-state index is 11.9. The van der Waals surface area contributed by atoms with E-state index in [1.807, 2.05) is 42.5 Å². The van der Waals surface area contributed by atoms with Gasteiger partial charge >= 0.3 is 0 Å². The highest BCUT2D eigenvalue weighted by Gasteiger charge is 2.08. The second-order valence-electron chi connectivity index (χ2n) is 5.62. The van der Waals surface area contributed by atoms with E-state index in [1.54, 1.807) is 30.3 Å². The van der Waals surface area contributed by atoms with Crippen LogP contribution in [0.15, 0.2) is 72.8 Å². The molecule has 136 valence electrons. The highest BCUT2D eigenvalue weighted by Crippen LogP contribution is 2.20. The van der Waals surface area contributed by atoms with Crippen LogP contribution in [0.3, 0.4) is 0 Å². The highest BCUT2D eigenvalue weighted by atomic mass is 32.1. The number of amides is 2. The number of ether oxygens (including phenoxy) is 1. The van der Waals surface area contributed by atoms with Gasteiger partial charge in [-0.25, -0.2) is 0 Å². The van der Waals surface area contributed by atoms with E-state index in [4.69, 9.17) is 17.0 Å². The summed E-state index contributed by atoms with van der Waals surface area (Å²) < 4.78 is 5.48. The van der Waals surface area contributed by atoms with Gasteiger partial charge in [0.25, 0.3) is 11.8 Å². The van der Waals surface area contributed by atoms with Gasteiger partial charge in [0.1, 0.15) is 5.75 Å². The second kappa shape index (κ2) is 8.77. The van der Waals surface area contributed by atoms with Crippen LogP contribution in [0.25, 0.3) is 10.8 Å². The third-order valence-corrected chi connectivity index (χ3v) is 3.87. The molecule has 3 aromatic rings. The Hall–Kier alpha value is -3.45. The predicted octanol–water partition coefficient (Wildman–Crippen LogP) is 2.55. The van der Waals surface area contributed by atoms with E-state index >= 15 is 0 Å². The summed E-state index contributed by atoms with van der Waals surface area (Å²) in [6.07, 6.45) is 0. The Labute approximate surface area is 161 Å². The Morgan fingerprint density at radius 3 is 2.33 bits per heavy atom. The summed E-state index contributed by atoms with van der Waals surface area (Å²) in [5, 5.41) is 4.53. The summed E-state index contributed by atoms with van der Waals surface area (Å²) in [5.41, 5.74) is 5.36. The van der Waals surface area contributed by atoms with Gasteiger partial charge in [-0.3, -0.25) is 25.8 Å². The molecule has 0 aliphatic carbocycles. The Balaban J connectivity index is 1.44. The van der Waals surface area contributed by atoms with E-state index in [9.17, 15) is 9.59 Å². The molecule has 0 aliphatic rings. The summed E-state index contributed by atoms with van der Waals surface area (Å²) in [5.74, 6) is -0.214. The molecule has 6 nitrogen and oxygen atoms in total. The van der Waals surface area contributed by atoms with Crippen molar-refractivity contribution in [3.8, 4) is 5.75 Å². The summed E-state index contributed by atoms with van der Waals surface area (Å²) in [7, 11) is 0. The van der Waals surface area contributed by atoms with Gasteiger partial charge in [0.05, 0.1) is 0 Å². The number of hydrogen-bond donors (Lipinski definition) is 3. The highest BCUT2D eigenvalue weighted by molar-refractivity contribution is 7.80. The predicted molar refractivity (Wildman–Crippen MR) is 107 cm³/mol. The van der Waals surface area contributed by atoms with Crippen LogP contribution in [0.1, 0.15) is 10.4 Å². The van der Waals surface area contributed by atoms with E-state index in [1.165, 1.54) is 0 Å². The van der Waals surface area contributed by atoms with Gasteiger partial charge in [0, 0.05) is 5.56 Å². The fraction of sp³-hybridized carbons (Fsp3) is 0.0500. The first kappa shape index (κ1) is 18.3. The molecule has 7 heteroatoms. The van der Waals surface area contributed by atoms with E-state index in [0.717, 1.165) is 10.8 Å². The fourth-order valence-corrected chi connectivity index (χ4v) is 2.54. The maximum Gasteiger partial charge on any atom is 0.269 e. The molecule has 0 aromatic heterocycles. The van der Waals surface area contributed by atoms with Gasteiger partial charge < -0.3 is 4.74 Å². The number of carbonyl (C=O) groups is 2. The topological polar surface area (TPSA) is 79.5 Å². The summed E-state index contributed by atoms with van der Waals surface area (Å²) >= 11 is 4.98. The van der Waals surface area contributed by atoms with Crippen molar-refractivity contribution in [3.63, 3.8) is 0 Å². The first-order chi connectivity index (χ1) is 13.1. The smallest absolute Gasteiger partial charge is 0.269 e. The lowest BCUT2D eigenvalue weighted by atomic mass is 10.1. The minimum Gasteiger partial charge on any atom is -0.484 e. The van der Waals surface area contributed by atoms with Crippen LogP contribution in [-0.4, -0.2) is 23.5 Å². The number of hydrogen-bond acceptors (Lipinski definition) is 4. The SMILES string of the molecule is O=C(COc1ccc2ccccc2c1)NC(=S)NNC(=O)c1ccccc1. The largest absolute Gasteiger partial charge is 0.484 e. The van der Waals surface area contributed by atoms with Crippen LogP contribution >= 0.6 is 12.2 Å². The number of hydrazine groups is 1. The third kappa shape index (κ3) is 5.26. The molecule has 0 saturated carbocycles. The van der Waals surface area contributed by atoms with Crippen LogP contribution in [0.4, 0.5) is 0 Å². The molecule has 0 radical (unpaired) electrons. The lowest BCUT2D eigenvalue weighted by Crippen LogP contribution is -2.49. The fourth-order valence-electron chi connectivity index (χ4n) is 2.38. The van der Waals surface area contributed by atoms with Gasteiger partial charge in [0.2, 0.25) is 0 Å². The molecule has 0 aliphatic heterocycles. The quantitative estimate of drug-likeness (QED) is 0.480. The number of nitrogens with one attached hydrogen (secondary N) is 3. The molecule has 0 heterocycles. The van der Waals surface area contributed by atoms with Crippen molar-refractivity contribution in [2.45, 2.75) is 0 Å². The van der Waals surface area contributed by atoms with Gasteiger partial charge in [-0.05, 0) is 47.3 Å². The molecule has 3 N–H and O–H groups in total. The maximum absolute atomic E-state index is 11.9. The van der Waals surface area contributed by atoms with Gasteiger partial charge in [-0.2, -0.15) is 0 Å². The lowest BCUT2D eigenvalue weighted by molar-refractivity contribution is -0.121. The molecular weight excluding hydrogens is 362 g/mol. The summed E-state index contributed by atoms with van der Waals surface area (Å²) in [6.45, 7) is -0.202. The minimum absolute atomic E-state index is 0.0219. The Bertz CT molecular complexity index is 976. The number of rotatable bonds is 4. The second-order valence-corrected chi connectivity index (χ2v) is 6.03. The van der Waals surface area contributed by atoms with E-state index in [2.05, 4.69) is 16.2 Å². The van der Waals surface area contributed by atoms with Crippen molar-refractivity contribution in [2.24, 2.45) is 0 Å². The number of fused-ring (bicyclic) bond motifs is 1. The van der Waals surface area contributed by atoms with Crippen LogP contribution in [0.2, 0.25) is 0 Å². The number of thiocarbonyl (C=S) groups is 1. The van der Waals surface area contributed by atoms with E-state index in [0.29, 0.717) is 11.3 Å². The minimum atomic E-state index is -0.436. The van der Waals surface area contributed by atoms with Gasteiger partial charge in [0.15, 0.2) is 11.7 Å². The third-order valence-electron chi connectivity index (χ3n) is 3.67. The Morgan fingerprint density at radius 1 is 0.852 bits per heavy atom. The van der Waals surface area contributed by atoms with Crippen molar-refractivity contribution >= 4 is 39.9 Å². The van der Waals surface area contributed by atoms with Crippen molar-refractivity contribution in [1.82, 2.24) is 16.2 Å². The van der Waals surface area contributed by atoms with Gasteiger partial charge in [-0.15, -0.1) is 0 Å². The van der Waals surface area contributed by atoms with Crippen LogP contribution in [0.5, 0.6) is 5.75 Å². The molecule has 3 aromatic carbocycles. The molecule has 3 rings (SSSR count). The molecule has 0 unspecified atom stereocenters. The zero-order valence-electron chi connectivity index (χ0n) is 14.3. The van der Waals surface area contributed by atoms with Gasteiger partial charge in [-0.1, -0.05) is 48.5 Å². The zero-order chi connectivity index (χ0) is 19.1. The zero-order valence-corrected chi connectivity index (χ0v) is 15.1. The molecule has 0 saturated heterocycles. The molecule has 0 fully saturated rings. The molecule has 0 bridgehead atoms. The number of carbonyl (C=O) groups excluding carboxylic acids is 2. The summed E-state index contributed by atoms with van der Waals surface area (Å²) in [6, 6.07) is 22.1. The molecule has 0 atom stereocenters. The van der Waals surface area contributed by atoms with Crippen molar-refractivity contribution < 1.29 is 14.3 Å². The normalized spacial score (nSPS) is 10.1. The molecule has 0 spiro atoms. The molecule has 2 amide bonds. The lowest BCUT2D eigenvalue weighted by Gasteiger charge is -2.11. The number of benzene rings is 3. The molecular formula is C20H17N3O3S. The van der Waals surface area contributed by atoms with Crippen LogP contribution < -0.4 is 20.9 Å². The first-order valence-corrected chi connectivity index (χ1v) is 8.59. The Kier molecular flexibility index (Phi) is 5.96. The molecule has 27 heavy (non-hydrogen) atoms. The van der Waals surface area contributed by atoms with Crippen molar-refractivity contribution in [3.05, 3.63) is 78.4 Å².